The molecule has 0 radical (unpaired) electrons. The normalized spacial score (nSPS) is 18.7. The number of hydrogen-bond donors (Lipinski definition) is 0. The van der Waals surface area contributed by atoms with Gasteiger partial charge in [-0.3, -0.25) is 9.59 Å². The molecule has 13 rings (SSSR count). The van der Waals surface area contributed by atoms with Crippen molar-refractivity contribution in [1.82, 2.24) is 0 Å². The Balaban J connectivity index is 0.000000125. The first-order valence-corrected chi connectivity index (χ1v) is 22.6. The zero-order chi connectivity index (χ0) is 43.2. The van der Waals surface area contributed by atoms with E-state index in [0.717, 1.165) is 90.3 Å². The third kappa shape index (κ3) is 7.81. The van der Waals surface area contributed by atoms with Crippen molar-refractivity contribution >= 4 is 34.0 Å². The van der Waals surface area contributed by atoms with E-state index in [-0.39, 0.29) is 43.6 Å². The summed E-state index contributed by atoms with van der Waals surface area (Å²) in [6.07, 6.45) is 11.5. The zero-order valence-corrected chi connectivity index (χ0v) is 36.8. The monoisotopic (exact) mass is 850 g/mol. The molecule has 0 heterocycles. The van der Waals surface area contributed by atoms with Crippen molar-refractivity contribution in [2.24, 2.45) is 5.41 Å². The summed E-state index contributed by atoms with van der Waals surface area (Å²) in [7, 11) is 0. The van der Waals surface area contributed by atoms with Gasteiger partial charge in [0, 0.05) is 23.1 Å². The van der Waals surface area contributed by atoms with Crippen LogP contribution in [0.2, 0.25) is 0 Å². The van der Waals surface area contributed by atoms with E-state index >= 15 is 0 Å². The van der Waals surface area contributed by atoms with Gasteiger partial charge in [-0.05, 0) is 128 Å². The van der Waals surface area contributed by atoms with E-state index in [1.807, 2.05) is 66.7 Å². The number of fused-ring (bicyclic) bond motifs is 6. The Morgan fingerprint density at radius 2 is 0.939 bits per heavy atom. The molecule has 0 saturated carbocycles. The third-order valence-corrected chi connectivity index (χ3v) is 14.2. The SMILES string of the molecule is C.O=C1/C(=C2/CCc3ccccc32)Cc2ccccc21.O=C1c2ccccc2CC1(Cc1ccccc1)C1=CCc2ccccc21.[Li+].[O-]C1=C(C2=CCc3ccccc32)Cc2ccccc21. The van der Waals surface area contributed by atoms with E-state index in [0.29, 0.717) is 0 Å². The Bertz CT molecular complexity index is 3160. The molecule has 66 heavy (non-hydrogen) atoms. The summed E-state index contributed by atoms with van der Waals surface area (Å²) < 4.78 is 0. The van der Waals surface area contributed by atoms with Crippen LogP contribution in [0.5, 0.6) is 0 Å². The summed E-state index contributed by atoms with van der Waals surface area (Å²) in [6.45, 7) is 0. The Kier molecular flexibility index (Phi) is 12.5. The van der Waals surface area contributed by atoms with Crippen LogP contribution < -0.4 is 24.0 Å². The van der Waals surface area contributed by atoms with Gasteiger partial charge in [0.25, 0.3) is 0 Å². The minimum atomic E-state index is -0.488. The number of Topliss-reactive ketones (excluding diaryl/α,β-unsaturated/α-hetero) is 2. The molecule has 0 aromatic heterocycles. The molecule has 0 aliphatic heterocycles. The maximum absolute atomic E-state index is 13.7. The molecule has 1 unspecified atom stereocenters. The molecular formula is C62H51LiO3. The van der Waals surface area contributed by atoms with Crippen LogP contribution in [0.3, 0.4) is 0 Å². The van der Waals surface area contributed by atoms with Crippen molar-refractivity contribution in [3.8, 4) is 0 Å². The summed E-state index contributed by atoms with van der Waals surface area (Å²) in [5, 5.41) is 12.5. The van der Waals surface area contributed by atoms with Crippen LogP contribution in [0.1, 0.15) is 95.8 Å². The van der Waals surface area contributed by atoms with Crippen molar-refractivity contribution in [3.05, 3.63) is 272 Å². The second-order valence-electron chi connectivity index (χ2n) is 17.8. The van der Waals surface area contributed by atoms with Gasteiger partial charge >= 0.3 is 18.9 Å². The van der Waals surface area contributed by atoms with Gasteiger partial charge in [-0.1, -0.05) is 201 Å². The van der Waals surface area contributed by atoms with E-state index in [9.17, 15) is 14.7 Å². The molecule has 0 bridgehead atoms. The number of carbonyl (C=O) groups is 2. The van der Waals surface area contributed by atoms with Crippen molar-refractivity contribution in [3.63, 3.8) is 0 Å². The van der Waals surface area contributed by atoms with Crippen molar-refractivity contribution in [1.29, 1.82) is 0 Å². The number of benzene rings is 7. The first-order chi connectivity index (χ1) is 31.5. The van der Waals surface area contributed by atoms with Crippen molar-refractivity contribution in [2.75, 3.05) is 0 Å². The van der Waals surface area contributed by atoms with Crippen LogP contribution in [-0.4, -0.2) is 11.6 Å². The molecule has 0 N–H and O–H groups in total. The first kappa shape index (κ1) is 44.4. The molecule has 3 nitrogen and oxygen atoms in total. The molecule has 0 saturated heterocycles. The van der Waals surface area contributed by atoms with Gasteiger partial charge in [-0.15, -0.1) is 0 Å². The van der Waals surface area contributed by atoms with Crippen molar-refractivity contribution in [2.45, 2.75) is 58.8 Å². The van der Waals surface area contributed by atoms with Gasteiger partial charge in [0.05, 0.1) is 5.41 Å². The van der Waals surface area contributed by atoms with Crippen LogP contribution in [0.15, 0.2) is 199 Å². The zero-order valence-electron chi connectivity index (χ0n) is 36.8. The Morgan fingerprint density at radius 1 is 0.439 bits per heavy atom. The Morgan fingerprint density at radius 3 is 1.61 bits per heavy atom. The van der Waals surface area contributed by atoms with Crippen LogP contribution in [0, 0.1) is 5.41 Å². The molecule has 7 aromatic rings. The summed E-state index contributed by atoms with van der Waals surface area (Å²) >= 11 is 0. The van der Waals surface area contributed by atoms with Crippen LogP contribution in [0.4, 0.5) is 0 Å². The fourth-order valence-electron chi connectivity index (χ4n) is 11.1. The molecule has 318 valence electrons. The number of carbonyl (C=O) groups excluding carboxylic acids is 2. The third-order valence-electron chi connectivity index (χ3n) is 14.2. The maximum atomic E-state index is 13.7. The quantitative estimate of drug-likeness (QED) is 0.131. The smallest absolute Gasteiger partial charge is 0.872 e. The Hall–Kier alpha value is -6.76. The summed E-state index contributed by atoms with van der Waals surface area (Å²) in [5.74, 6) is 0.723. The van der Waals surface area contributed by atoms with E-state index in [2.05, 4.69) is 121 Å². The van der Waals surface area contributed by atoms with E-state index in [1.54, 1.807) is 0 Å². The fraction of sp³-hybridized carbons (Fsp3) is 0.161. The number of ketones is 2. The van der Waals surface area contributed by atoms with E-state index in [1.165, 1.54) is 61.2 Å². The molecule has 6 aliphatic rings. The fourth-order valence-corrected chi connectivity index (χ4v) is 11.1. The van der Waals surface area contributed by atoms with Crippen molar-refractivity contribution < 1.29 is 33.6 Å². The maximum Gasteiger partial charge on any atom is 1.00 e. The molecular weight excluding hydrogens is 800 g/mol. The van der Waals surface area contributed by atoms with Gasteiger partial charge in [-0.2, -0.15) is 0 Å². The van der Waals surface area contributed by atoms with E-state index < -0.39 is 5.41 Å². The molecule has 0 fully saturated rings. The molecule has 0 amide bonds. The minimum Gasteiger partial charge on any atom is -0.872 e. The standard InChI is InChI=1S/C25H20O.2C18H14O.CH4.Li/c26-24-22-13-7-5-11-20(22)17-25(24,16-18-8-2-1-3-9-18)23-15-14-19-10-4-6-12-21(19)23;2*19-18-15-8-4-2-6-13(15)11-17(18)16-10-9-12-5-1-3-7-14(12)16;;/h1-13,15H,14,16-17H2;1-8H,9-11H2;1-8,10,19H,9,11H2;1H4;/q;;;;+1/p-1/b;17-16-;;;. The number of allylic oxidation sites excluding steroid dienone is 7. The van der Waals surface area contributed by atoms with Crippen LogP contribution in [-0.2, 0) is 44.9 Å². The number of aryl methyl sites for hydroxylation is 1. The second-order valence-corrected chi connectivity index (χ2v) is 17.8. The molecule has 6 aliphatic carbocycles. The predicted octanol–water partition coefficient (Wildman–Crippen LogP) is 9.71. The van der Waals surface area contributed by atoms with Gasteiger partial charge in [-0.25, -0.2) is 0 Å². The minimum absolute atomic E-state index is 0. The van der Waals surface area contributed by atoms with Gasteiger partial charge in [0.2, 0.25) is 0 Å². The summed E-state index contributed by atoms with van der Waals surface area (Å²) in [5.41, 5.74) is 20.4. The van der Waals surface area contributed by atoms with Crippen LogP contribution in [0.25, 0.3) is 22.5 Å². The van der Waals surface area contributed by atoms with Gasteiger partial charge in [0.1, 0.15) is 0 Å². The second kappa shape index (κ2) is 18.6. The van der Waals surface area contributed by atoms with Gasteiger partial charge < -0.3 is 5.11 Å². The van der Waals surface area contributed by atoms with Gasteiger partial charge in [0.15, 0.2) is 11.6 Å². The van der Waals surface area contributed by atoms with E-state index in [4.69, 9.17) is 0 Å². The first-order valence-electron chi connectivity index (χ1n) is 22.6. The summed E-state index contributed by atoms with van der Waals surface area (Å²) in [4.78, 5) is 26.2. The average Bonchev–Trinajstić information content (AvgIpc) is 4.21. The number of rotatable bonds is 4. The largest absolute Gasteiger partial charge is 1.00 e. The number of hydrogen-bond acceptors (Lipinski definition) is 3. The predicted molar refractivity (Wildman–Crippen MR) is 263 cm³/mol. The molecule has 0 spiro atoms. The topological polar surface area (TPSA) is 57.2 Å². The average molecular weight is 851 g/mol. The summed E-state index contributed by atoms with van der Waals surface area (Å²) in [6, 6.07) is 59.9. The Labute approximate surface area is 401 Å². The molecule has 4 heteroatoms. The van der Waals surface area contributed by atoms with Crippen LogP contribution >= 0.6 is 0 Å². The molecule has 7 aromatic carbocycles. The molecule has 1 atom stereocenters.